The molecule has 1 aliphatic rings. The van der Waals surface area contributed by atoms with Gasteiger partial charge in [-0.2, -0.15) is 12.3 Å². The number of alkyl halides is 2. The summed E-state index contributed by atoms with van der Waals surface area (Å²) in [6.07, 6.45) is 16.0. The van der Waals surface area contributed by atoms with E-state index in [4.69, 9.17) is 39.2 Å². The molecule has 278 valence electrons. The molecule has 1 aliphatic heterocycles. The summed E-state index contributed by atoms with van der Waals surface area (Å²) >= 11 is 17.1. The molecule has 1 fully saturated rings. The van der Waals surface area contributed by atoms with Crippen molar-refractivity contribution in [2.75, 3.05) is 113 Å². The van der Waals surface area contributed by atoms with Crippen LogP contribution in [0.2, 0.25) is 19.6 Å². The fraction of sp³-hybridized carbons (Fsp3) is 1.00. The first kappa shape index (κ1) is 67.9. The van der Waals surface area contributed by atoms with Gasteiger partial charge in [0.15, 0.2) is 0 Å². The summed E-state index contributed by atoms with van der Waals surface area (Å²) in [6, 6.07) is 0. The van der Waals surface area contributed by atoms with Crippen LogP contribution in [0.25, 0.3) is 0 Å². The molecule has 0 atom stereocenters. The van der Waals surface area contributed by atoms with Crippen LogP contribution in [0.3, 0.4) is 0 Å². The van der Waals surface area contributed by atoms with Gasteiger partial charge in [0.25, 0.3) is 0 Å². The number of halogens is 3. The van der Waals surface area contributed by atoms with E-state index >= 15 is 0 Å². The van der Waals surface area contributed by atoms with E-state index in [1.54, 1.807) is 8.58 Å². The summed E-state index contributed by atoms with van der Waals surface area (Å²) in [5.74, 6) is 1.42. The molecule has 0 aromatic heterocycles. The molecule has 1 saturated heterocycles. The van der Waals surface area contributed by atoms with E-state index in [1.807, 2.05) is 0 Å². The Kier molecular flexibility index (Phi) is 82.2. The molecule has 0 spiro atoms. The van der Waals surface area contributed by atoms with Crippen molar-refractivity contribution in [3.8, 4) is 0 Å². The Balaban J connectivity index is -0.0000000571. The van der Waals surface area contributed by atoms with Crippen LogP contribution in [0.4, 0.5) is 0 Å². The number of nitrogens with one attached hydrogen (secondary N) is 1. The Morgan fingerprint density at radius 2 is 1.04 bits per heavy atom. The molecule has 3 nitrogen and oxygen atoms in total. The van der Waals surface area contributed by atoms with Gasteiger partial charge < -0.3 is 24.6 Å². The average Bonchev–Trinajstić information content (AvgIpc) is 3.58. The molecule has 0 amide bonds. The molecular formula is C33H83Cl3Li2N2OP4Si. The first-order chi connectivity index (χ1) is 20.0. The predicted molar refractivity (Wildman–Crippen MR) is 231 cm³/mol. The van der Waals surface area contributed by atoms with E-state index in [0.717, 1.165) is 38.6 Å². The summed E-state index contributed by atoms with van der Waals surface area (Å²) in [5.41, 5.74) is 0. The first-order valence-electron chi connectivity index (χ1n) is 16.7. The molecule has 0 aromatic carbocycles. The largest absolute Gasteiger partial charge is 1.00 e. The quantitative estimate of drug-likeness (QED) is 0.0658. The molecule has 0 bridgehead atoms. The molecule has 1 heterocycles. The molecular weight excluding hydrogens is 713 g/mol. The van der Waals surface area contributed by atoms with Crippen molar-refractivity contribution in [1.82, 2.24) is 9.88 Å². The zero-order valence-corrected chi connectivity index (χ0v) is 38.8. The number of nitrogens with zero attached hydrogens (tertiary/aromatic N) is 1. The van der Waals surface area contributed by atoms with Crippen LogP contribution in [0.1, 0.15) is 84.5 Å². The van der Waals surface area contributed by atoms with Crippen molar-refractivity contribution in [1.29, 1.82) is 0 Å². The molecule has 0 unspecified atom stereocenters. The summed E-state index contributed by atoms with van der Waals surface area (Å²) in [7, 11) is 1.01. The van der Waals surface area contributed by atoms with Crippen molar-refractivity contribution in [2.45, 2.75) is 103 Å². The maximum absolute atomic E-state index is 5.71. The summed E-state index contributed by atoms with van der Waals surface area (Å²) in [4.78, 5) is 0. The standard InChI is InChI=1S/C12H29NP2.C7H17Cl2NSi.C4H10ClP.C4H8O.C4H10P.2CH4.2Li.H/c1-5-14(6-2)11-9-13-10-12-15(7-3)8-4;1-11(2,3)10(6-4-8)7-5-9;1-3-6(5)4-2;1-2-4-5-3-1;1-3-5-4-2;;;;;/h13H,5-12H2,1-4H3;4-7H2,1-3H3;3-4H2,1-2H3;1-4H2;3-4H2,1-2H3;2*1H4;;;/q;;;;-1;;;2*+1;-1. The minimum atomic E-state index is -1.16. The second-order valence-corrected chi connectivity index (χ2v) is 27.8. The number of hydrogen-bond donors (Lipinski definition) is 1. The van der Waals surface area contributed by atoms with Gasteiger partial charge in [0.1, 0.15) is 8.24 Å². The maximum atomic E-state index is 5.71. The summed E-state index contributed by atoms with van der Waals surface area (Å²) in [6.45, 7) is 31.4. The minimum absolute atomic E-state index is 0. The van der Waals surface area contributed by atoms with E-state index in [0.29, 0.717) is 27.6 Å². The summed E-state index contributed by atoms with van der Waals surface area (Å²) < 4.78 is 7.37. The molecule has 46 heavy (non-hydrogen) atoms. The van der Waals surface area contributed by atoms with E-state index in [2.05, 4.69) is 84.9 Å². The van der Waals surface area contributed by atoms with Crippen molar-refractivity contribution >= 4 is 74.4 Å². The van der Waals surface area contributed by atoms with Gasteiger partial charge in [-0.25, -0.2) is 0 Å². The first-order valence-corrected chi connectivity index (χ1v) is 28.9. The minimum Gasteiger partial charge on any atom is -1.00 e. The zero-order chi connectivity index (χ0) is 33.1. The van der Waals surface area contributed by atoms with Crippen LogP contribution < -0.4 is 43.0 Å². The van der Waals surface area contributed by atoms with Gasteiger partial charge in [-0.1, -0.05) is 101 Å². The third-order valence-electron chi connectivity index (χ3n) is 6.62. The van der Waals surface area contributed by atoms with E-state index in [-0.39, 0.29) is 61.3 Å². The molecule has 0 aromatic rings. The number of hydrogen-bond acceptors (Lipinski definition) is 3. The smallest absolute Gasteiger partial charge is 1.00 e. The Morgan fingerprint density at radius 3 is 1.20 bits per heavy atom. The molecule has 0 aliphatic carbocycles. The normalized spacial score (nSPS) is 11.6. The van der Waals surface area contributed by atoms with Gasteiger partial charge in [-0.05, 0) is 82.5 Å². The van der Waals surface area contributed by atoms with Gasteiger partial charge in [0, 0.05) is 38.1 Å². The van der Waals surface area contributed by atoms with Gasteiger partial charge in [-0.3, -0.25) is 0 Å². The van der Waals surface area contributed by atoms with Crippen molar-refractivity contribution < 1.29 is 43.9 Å². The zero-order valence-electron chi connectivity index (χ0n) is 32.9. The topological polar surface area (TPSA) is 24.5 Å². The van der Waals surface area contributed by atoms with Crippen LogP contribution in [0.5, 0.6) is 0 Å². The third-order valence-corrected chi connectivity index (χ3v) is 18.3. The fourth-order valence-electron chi connectivity index (χ4n) is 3.62. The van der Waals surface area contributed by atoms with Crippen LogP contribution in [0.15, 0.2) is 0 Å². The monoisotopic (exact) mass is 794 g/mol. The van der Waals surface area contributed by atoms with Crippen molar-refractivity contribution in [3.05, 3.63) is 0 Å². The fourth-order valence-corrected chi connectivity index (χ4v) is 9.88. The SMILES string of the molecule is C.C.C1CCOC1.CCP(CC)CCNCCP(CC)CC.CCP(Cl)CC.CC[P-]CC.C[Si](C)(C)N(CCCl)CCCl.[H-].[Li+].[Li+]. The molecule has 13 heteroatoms. The summed E-state index contributed by atoms with van der Waals surface area (Å²) in [5, 5.41) is 3.62. The van der Waals surface area contributed by atoms with E-state index < -0.39 is 8.24 Å². The Labute approximate surface area is 341 Å². The van der Waals surface area contributed by atoms with Gasteiger partial charge in [0.2, 0.25) is 0 Å². The molecule has 1 rings (SSSR count). The van der Waals surface area contributed by atoms with E-state index in [9.17, 15) is 0 Å². The second kappa shape index (κ2) is 55.6. The third kappa shape index (κ3) is 57.2. The number of rotatable bonds is 19. The van der Waals surface area contributed by atoms with Gasteiger partial charge in [-0.15, -0.1) is 39.0 Å². The van der Waals surface area contributed by atoms with Gasteiger partial charge >= 0.3 is 37.7 Å². The Hall–Kier alpha value is 3.88. The second-order valence-electron chi connectivity index (χ2n) is 10.6. The predicted octanol–water partition coefficient (Wildman–Crippen LogP) is 7.04. The van der Waals surface area contributed by atoms with Crippen LogP contribution in [-0.2, 0) is 4.74 Å². The van der Waals surface area contributed by atoms with Crippen molar-refractivity contribution in [2.24, 2.45) is 0 Å². The molecule has 0 radical (unpaired) electrons. The van der Waals surface area contributed by atoms with E-state index in [1.165, 1.54) is 75.2 Å². The Morgan fingerprint density at radius 1 is 0.696 bits per heavy atom. The average molecular weight is 796 g/mol. The van der Waals surface area contributed by atoms with Crippen LogP contribution in [-0.4, -0.2) is 126 Å². The maximum Gasteiger partial charge on any atom is 1.00 e. The Bertz CT molecular complexity index is 462. The molecule has 0 saturated carbocycles. The van der Waals surface area contributed by atoms with Crippen molar-refractivity contribution in [3.63, 3.8) is 0 Å². The van der Waals surface area contributed by atoms with Crippen LogP contribution >= 0.6 is 66.1 Å². The van der Waals surface area contributed by atoms with Crippen LogP contribution in [0, 0.1) is 0 Å². The molecule has 1 N–H and O–H groups in total. The van der Waals surface area contributed by atoms with Gasteiger partial charge in [0.05, 0.1) is 0 Å². The number of ether oxygens (including phenoxy) is 1.